The molecule has 1 aliphatic rings. The lowest BCUT2D eigenvalue weighted by Gasteiger charge is -2.14. The van der Waals surface area contributed by atoms with Crippen LogP contribution in [0.15, 0.2) is 58.5 Å². The van der Waals surface area contributed by atoms with Gasteiger partial charge in [-0.25, -0.2) is 9.37 Å². The fourth-order valence-electron chi connectivity index (χ4n) is 3.38. The van der Waals surface area contributed by atoms with E-state index >= 15 is 0 Å². The zero-order chi connectivity index (χ0) is 20.9. The fraction of sp³-hybridized carbons (Fsp3) is 0.318. The summed E-state index contributed by atoms with van der Waals surface area (Å²) in [6, 6.07) is 13.1. The van der Waals surface area contributed by atoms with Gasteiger partial charge < -0.3 is 10.1 Å². The van der Waals surface area contributed by atoms with Gasteiger partial charge in [0.15, 0.2) is 5.16 Å². The molecule has 1 N–H and O–H groups in total. The van der Waals surface area contributed by atoms with E-state index in [0.29, 0.717) is 22.6 Å². The van der Waals surface area contributed by atoms with Crippen LogP contribution in [0.3, 0.4) is 0 Å². The highest BCUT2D eigenvalue weighted by atomic mass is 32.2. The molecule has 1 aliphatic heterocycles. The number of carbonyl (C=O) groups is 1. The molecule has 3 aromatic rings. The average Bonchev–Trinajstić information content (AvgIpc) is 3.28. The van der Waals surface area contributed by atoms with Gasteiger partial charge in [0, 0.05) is 13.2 Å². The minimum absolute atomic E-state index is 0.0781. The summed E-state index contributed by atoms with van der Waals surface area (Å²) in [6.07, 6.45) is 2.05. The standard InChI is InChI=1S/C22H22FN3O3S/c23-16-9-7-15(8-10-16)13-26-21(28)18-5-1-2-6-19(18)25-22(26)30-14-20(27)24-12-17-4-3-11-29-17/h1-2,5-10,17H,3-4,11-14H2,(H,24,27)/t17-/m0/s1. The first-order valence-electron chi connectivity index (χ1n) is 9.85. The van der Waals surface area contributed by atoms with Gasteiger partial charge in [-0.15, -0.1) is 0 Å². The first-order chi connectivity index (χ1) is 14.6. The number of ether oxygens (including phenoxy) is 1. The Bertz CT molecular complexity index is 1090. The number of rotatable bonds is 7. The SMILES string of the molecule is O=C(CSc1nc2ccccc2c(=O)n1Cc1ccc(F)cc1)NC[C@@H]1CCCO1. The van der Waals surface area contributed by atoms with Crippen LogP contribution in [0.5, 0.6) is 0 Å². The van der Waals surface area contributed by atoms with E-state index in [-0.39, 0.29) is 35.7 Å². The summed E-state index contributed by atoms with van der Waals surface area (Å²) in [5.74, 6) is -0.326. The van der Waals surface area contributed by atoms with Crippen molar-refractivity contribution in [2.75, 3.05) is 18.9 Å². The Labute approximate surface area is 177 Å². The number of aromatic nitrogens is 2. The Morgan fingerprint density at radius 1 is 1.23 bits per heavy atom. The summed E-state index contributed by atoms with van der Waals surface area (Å²) in [6.45, 7) is 1.48. The first kappa shape index (κ1) is 20.6. The van der Waals surface area contributed by atoms with Gasteiger partial charge in [0.1, 0.15) is 5.82 Å². The van der Waals surface area contributed by atoms with E-state index in [1.165, 1.54) is 28.5 Å². The second kappa shape index (κ2) is 9.40. The van der Waals surface area contributed by atoms with Crippen LogP contribution in [0.25, 0.3) is 10.9 Å². The van der Waals surface area contributed by atoms with Crippen molar-refractivity contribution >= 4 is 28.6 Å². The molecule has 30 heavy (non-hydrogen) atoms. The summed E-state index contributed by atoms with van der Waals surface area (Å²) in [5, 5.41) is 3.84. The molecule has 0 bridgehead atoms. The second-order valence-corrected chi connectivity index (χ2v) is 8.10. The van der Waals surface area contributed by atoms with Gasteiger partial charge in [0.2, 0.25) is 5.91 Å². The normalized spacial score (nSPS) is 16.1. The fourth-order valence-corrected chi connectivity index (χ4v) is 4.21. The molecular weight excluding hydrogens is 405 g/mol. The maximum Gasteiger partial charge on any atom is 0.262 e. The van der Waals surface area contributed by atoms with Crippen LogP contribution in [0, 0.1) is 5.82 Å². The maximum absolute atomic E-state index is 13.2. The van der Waals surface area contributed by atoms with Crippen molar-refractivity contribution in [2.45, 2.75) is 30.6 Å². The minimum atomic E-state index is -0.333. The van der Waals surface area contributed by atoms with E-state index in [9.17, 15) is 14.0 Å². The lowest BCUT2D eigenvalue weighted by molar-refractivity contribution is -0.119. The minimum Gasteiger partial charge on any atom is -0.376 e. The van der Waals surface area contributed by atoms with E-state index in [4.69, 9.17) is 4.74 Å². The maximum atomic E-state index is 13.2. The zero-order valence-electron chi connectivity index (χ0n) is 16.3. The molecule has 6 nitrogen and oxygen atoms in total. The first-order valence-corrected chi connectivity index (χ1v) is 10.8. The molecule has 4 rings (SSSR count). The molecule has 1 amide bonds. The third-order valence-electron chi connectivity index (χ3n) is 4.96. The molecule has 1 fully saturated rings. The van der Waals surface area contributed by atoms with Crippen molar-refractivity contribution in [1.82, 2.24) is 14.9 Å². The second-order valence-electron chi connectivity index (χ2n) is 7.16. The van der Waals surface area contributed by atoms with Crippen LogP contribution in [0.1, 0.15) is 18.4 Å². The molecule has 8 heteroatoms. The van der Waals surface area contributed by atoms with Gasteiger partial charge in [-0.3, -0.25) is 14.2 Å². The number of benzene rings is 2. The molecule has 2 heterocycles. The van der Waals surface area contributed by atoms with E-state index in [0.717, 1.165) is 25.0 Å². The lowest BCUT2D eigenvalue weighted by Crippen LogP contribution is -2.33. The Balaban J connectivity index is 1.54. The number of nitrogens with zero attached hydrogens (tertiary/aromatic N) is 2. The van der Waals surface area contributed by atoms with Crippen LogP contribution in [0.4, 0.5) is 4.39 Å². The highest BCUT2D eigenvalue weighted by Gasteiger charge is 2.17. The summed E-state index contributed by atoms with van der Waals surface area (Å²) in [4.78, 5) is 30.0. The lowest BCUT2D eigenvalue weighted by atomic mass is 10.2. The van der Waals surface area contributed by atoms with E-state index in [1.54, 1.807) is 30.3 Å². The van der Waals surface area contributed by atoms with Crippen LogP contribution >= 0.6 is 11.8 Å². The largest absolute Gasteiger partial charge is 0.376 e. The zero-order valence-corrected chi connectivity index (χ0v) is 17.2. The number of hydrogen-bond donors (Lipinski definition) is 1. The van der Waals surface area contributed by atoms with Crippen molar-refractivity contribution in [3.8, 4) is 0 Å². The molecule has 1 aromatic heterocycles. The molecule has 0 spiro atoms. The highest BCUT2D eigenvalue weighted by Crippen LogP contribution is 2.19. The van der Waals surface area contributed by atoms with Crippen LogP contribution in [0.2, 0.25) is 0 Å². The molecule has 1 atom stereocenters. The number of nitrogens with one attached hydrogen (secondary N) is 1. The number of fused-ring (bicyclic) bond motifs is 1. The number of amides is 1. The van der Waals surface area contributed by atoms with Crippen molar-refractivity contribution < 1.29 is 13.9 Å². The van der Waals surface area contributed by atoms with Crippen molar-refractivity contribution in [2.24, 2.45) is 0 Å². The molecule has 0 saturated carbocycles. The van der Waals surface area contributed by atoms with Gasteiger partial charge in [-0.05, 0) is 42.7 Å². The predicted octanol–water partition coefficient (Wildman–Crippen LogP) is 2.97. The van der Waals surface area contributed by atoms with Gasteiger partial charge in [-0.1, -0.05) is 36.0 Å². The number of carbonyl (C=O) groups excluding carboxylic acids is 1. The van der Waals surface area contributed by atoms with E-state index < -0.39 is 0 Å². The molecule has 156 valence electrons. The van der Waals surface area contributed by atoms with Gasteiger partial charge in [-0.2, -0.15) is 0 Å². The molecular formula is C22H22FN3O3S. The van der Waals surface area contributed by atoms with Gasteiger partial charge in [0.05, 0.1) is 29.3 Å². The Kier molecular flexibility index (Phi) is 6.44. The summed E-state index contributed by atoms with van der Waals surface area (Å²) < 4.78 is 20.3. The molecule has 1 saturated heterocycles. The molecule has 0 aliphatic carbocycles. The number of hydrogen-bond acceptors (Lipinski definition) is 5. The molecule has 0 radical (unpaired) electrons. The van der Waals surface area contributed by atoms with Crippen molar-refractivity contribution in [3.63, 3.8) is 0 Å². The van der Waals surface area contributed by atoms with Crippen LogP contribution in [-0.4, -0.2) is 40.5 Å². The third kappa shape index (κ3) is 4.88. The molecule has 2 aromatic carbocycles. The third-order valence-corrected chi connectivity index (χ3v) is 5.94. The quantitative estimate of drug-likeness (QED) is 0.464. The summed E-state index contributed by atoms with van der Waals surface area (Å²) >= 11 is 1.21. The van der Waals surface area contributed by atoms with Gasteiger partial charge >= 0.3 is 0 Å². The number of halogens is 1. The number of para-hydroxylation sites is 1. The Morgan fingerprint density at radius 2 is 2.03 bits per heavy atom. The monoisotopic (exact) mass is 427 g/mol. The van der Waals surface area contributed by atoms with Gasteiger partial charge in [0.25, 0.3) is 5.56 Å². The predicted molar refractivity (Wildman–Crippen MR) is 114 cm³/mol. The average molecular weight is 428 g/mol. The Hall–Kier alpha value is -2.71. The van der Waals surface area contributed by atoms with Crippen LogP contribution < -0.4 is 10.9 Å². The number of thioether (sulfide) groups is 1. The van der Waals surface area contributed by atoms with E-state index in [2.05, 4.69) is 10.3 Å². The van der Waals surface area contributed by atoms with Crippen molar-refractivity contribution in [3.05, 3.63) is 70.3 Å². The van der Waals surface area contributed by atoms with E-state index in [1.807, 2.05) is 6.07 Å². The smallest absolute Gasteiger partial charge is 0.262 e. The highest BCUT2D eigenvalue weighted by molar-refractivity contribution is 7.99. The Morgan fingerprint density at radius 3 is 2.80 bits per heavy atom. The summed E-state index contributed by atoms with van der Waals surface area (Å²) in [7, 11) is 0. The van der Waals surface area contributed by atoms with Crippen molar-refractivity contribution in [1.29, 1.82) is 0 Å². The summed E-state index contributed by atoms with van der Waals surface area (Å²) in [5.41, 5.74) is 1.17. The van der Waals surface area contributed by atoms with Crippen LogP contribution in [-0.2, 0) is 16.1 Å². The topological polar surface area (TPSA) is 73.2 Å². The molecule has 0 unspecified atom stereocenters.